The van der Waals surface area contributed by atoms with Crippen LogP contribution in [0.2, 0.25) is 0 Å². The Labute approximate surface area is 196 Å². The van der Waals surface area contributed by atoms with E-state index in [1.54, 1.807) is 13.3 Å². The summed E-state index contributed by atoms with van der Waals surface area (Å²) in [4.78, 5) is 31.4. The molecule has 0 aliphatic carbocycles. The van der Waals surface area contributed by atoms with E-state index in [1.807, 2.05) is 29.2 Å². The number of methoxy groups -OCH3 is 1. The molecular formula is C24H30FN5O4. The Morgan fingerprint density at radius 2 is 2.09 bits per heavy atom. The molecule has 9 nitrogen and oxygen atoms in total. The molecule has 1 saturated heterocycles. The molecule has 3 N–H and O–H groups in total. The maximum absolute atomic E-state index is 13.4. The molecule has 0 spiro atoms. The van der Waals surface area contributed by atoms with Crippen molar-refractivity contribution in [1.82, 2.24) is 24.8 Å². The Morgan fingerprint density at radius 1 is 1.29 bits per heavy atom. The van der Waals surface area contributed by atoms with Gasteiger partial charge < -0.3 is 20.1 Å². The lowest BCUT2D eigenvalue weighted by Gasteiger charge is -2.33. The van der Waals surface area contributed by atoms with Gasteiger partial charge in [-0.05, 0) is 68.7 Å². The third kappa shape index (κ3) is 5.69. The number of benzene rings is 1. The van der Waals surface area contributed by atoms with Gasteiger partial charge in [0.25, 0.3) is 5.56 Å². The highest BCUT2D eigenvalue weighted by Crippen LogP contribution is 2.27. The van der Waals surface area contributed by atoms with Gasteiger partial charge in [0.15, 0.2) is 0 Å². The molecule has 0 unspecified atom stereocenters. The molecule has 0 radical (unpaired) electrons. The highest BCUT2D eigenvalue weighted by Gasteiger charge is 2.22. The number of nitrogens with one attached hydrogen (secondary N) is 2. The van der Waals surface area contributed by atoms with E-state index >= 15 is 0 Å². The Balaban J connectivity index is 1.24. The minimum atomic E-state index is -0.993. The first-order chi connectivity index (χ1) is 16.4. The zero-order chi connectivity index (χ0) is 24.1. The monoisotopic (exact) mass is 471 g/mol. The molecule has 0 amide bonds. The SMILES string of the molecule is COc1ccc2nccc([C@H](O)CN3CCC(NCCCn4cc(F)c(=O)[nH]c4=O)CC3)c2c1. The van der Waals surface area contributed by atoms with E-state index in [9.17, 15) is 19.1 Å². The second-order valence-corrected chi connectivity index (χ2v) is 8.61. The number of aryl methyl sites for hydroxylation is 1. The van der Waals surface area contributed by atoms with Crippen molar-refractivity contribution in [3.63, 3.8) is 0 Å². The summed E-state index contributed by atoms with van der Waals surface area (Å²) in [6, 6.07) is 7.88. The fourth-order valence-electron chi connectivity index (χ4n) is 4.43. The van der Waals surface area contributed by atoms with Crippen molar-refractivity contribution in [3.05, 3.63) is 68.9 Å². The first-order valence-corrected chi connectivity index (χ1v) is 11.5. The van der Waals surface area contributed by atoms with Crippen molar-refractivity contribution in [2.75, 3.05) is 33.3 Å². The molecule has 1 aliphatic rings. The van der Waals surface area contributed by atoms with Crippen molar-refractivity contribution < 1.29 is 14.2 Å². The van der Waals surface area contributed by atoms with Crippen LogP contribution in [0.1, 0.15) is 30.9 Å². The number of aromatic amines is 1. The number of β-amino-alcohol motifs (C(OH)–C–C–N with tert-alkyl or cyclic N) is 1. The topological polar surface area (TPSA) is 112 Å². The third-order valence-corrected chi connectivity index (χ3v) is 6.34. The van der Waals surface area contributed by atoms with Crippen LogP contribution in [0.4, 0.5) is 4.39 Å². The number of aliphatic hydroxyl groups is 1. The van der Waals surface area contributed by atoms with E-state index in [4.69, 9.17) is 4.74 Å². The zero-order valence-corrected chi connectivity index (χ0v) is 19.2. The van der Waals surface area contributed by atoms with E-state index in [2.05, 4.69) is 15.2 Å². The average Bonchev–Trinajstić information content (AvgIpc) is 2.85. The van der Waals surface area contributed by atoms with Crippen LogP contribution in [-0.2, 0) is 6.54 Å². The number of aromatic nitrogens is 3. The van der Waals surface area contributed by atoms with Gasteiger partial charge >= 0.3 is 5.69 Å². The maximum atomic E-state index is 13.4. The minimum Gasteiger partial charge on any atom is -0.497 e. The van der Waals surface area contributed by atoms with Crippen molar-refractivity contribution in [3.8, 4) is 5.75 Å². The largest absolute Gasteiger partial charge is 0.497 e. The first kappa shape index (κ1) is 24.1. The fraction of sp³-hybridized carbons (Fsp3) is 0.458. The number of nitrogens with zero attached hydrogens (tertiary/aromatic N) is 3. The average molecular weight is 472 g/mol. The molecule has 1 atom stereocenters. The summed E-state index contributed by atoms with van der Waals surface area (Å²) < 4.78 is 19.9. The van der Waals surface area contributed by atoms with E-state index in [1.165, 1.54) is 4.57 Å². The van der Waals surface area contributed by atoms with Gasteiger partial charge in [-0.1, -0.05) is 0 Å². The predicted molar refractivity (Wildman–Crippen MR) is 127 cm³/mol. The van der Waals surface area contributed by atoms with Gasteiger partial charge in [-0.3, -0.25) is 19.3 Å². The van der Waals surface area contributed by atoms with Gasteiger partial charge in [-0.15, -0.1) is 0 Å². The van der Waals surface area contributed by atoms with Crippen molar-refractivity contribution in [1.29, 1.82) is 0 Å². The summed E-state index contributed by atoms with van der Waals surface area (Å²) in [6.45, 7) is 3.29. The number of fused-ring (bicyclic) bond motifs is 1. The molecule has 10 heteroatoms. The first-order valence-electron chi connectivity index (χ1n) is 11.5. The van der Waals surface area contributed by atoms with E-state index in [-0.39, 0.29) is 0 Å². The quantitative estimate of drug-likeness (QED) is 0.405. The van der Waals surface area contributed by atoms with Crippen molar-refractivity contribution in [2.24, 2.45) is 0 Å². The summed E-state index contributed by atoms with van der Waals surface area (Å²) in [5.41, 5.74) is 0.0805. The number of halogens is 1. The van der Waals surface area contributed by atoms with Gasteiger partial charge in [-0.25, -0.2) is 4.79 Å². The van der Waals surface area contributed by atoms with Crippen molar-refractivity contribution in [2.45, 2.75) is 38.0 Å². The lowest BCUT2D eigenvalue weighted by Crippen LogP contribution is -2.44. The van der Waals surface area contributed by atoms with Crippen molar-refractivity contribution >= 4 is 10.9 Å². The van der Waals surface area contributed by atoms with Gasteiger partial charge in [-0.2, -0.15) is 4.39 Å². The number of rotatable bonds is 9. The number of H-pyrrole nitrogens is 1. The summed E-state index contributed by atoms with van der Waals surface area (Å²) in [7, 11) is 1.62. The molecule has 3 heterocycles. The van der Waals surface area contributed by atoms with Crippen LogP contribution in [0.5, 0.6) is 5.75 Å². The molecule has 0 saturated carbocycles. The standard InChI is InChI=1S/C24H30FN5O4/c1-34-17-3-4-21-19(13-17)18(5-9-27-21)22(31)15-29-11-6-16(7-12-29)26-8-2-10-30-14-20(25)23(32)28-24(30)33/h3-5,9,13-14,16,22,26,31H,2,6-8,10-12,15H2,1H3,(H,28,32,33)/t22-/m1/s1. The number of piperidine rings is 1. The molecule has 34 heavy (non-hydrogen) atoms. The predicted octanol–water partition coefficient (Wildman–Crippen LogP) is 1.41. The highest BCUT2D eigenvalue weighted by molar-refractivity contribution is 5.83. The summed E-state index contributed by atoms with van der Waals surface area (Å²) in [5, 5.41) is 15.3. The normalized spacial score (nSPS) is 16.1. The minimum absolute atomic E-state index is 0.329. The molecule has 182 valence electrons. The van der Waals surface area contributed by atoms with E-state index in [0.29, 0.717) is 32.1 Å². The van der Waals surface area contributed by atoms with Crippen LogP contribution >= 0.6 is 0 Å². The van der Waals surface area contributed by atoms with E-state index < -0.39 is 23.2 Å². The highest BCUT2D eigenvalue weighted by atomic mass is 19.1. The molecule has 1 fully saturated rings. The molecular weight excluding hydrogens is 441 g/mol. The summed E-state index contributed by atoms with van der Waals surface area (Å²) >= 11 is 0. The number of pyridine rings is 1. The van der Waals surface area contributed by atoms with Gasteiger partial charge in [0.2, 0.25) is 5.82 Å². The number of aliphatic hydroxyl groups excluding tert-OH is 1. The molecule has 2 aromatic heterocycles. The Kier molecular flexibility index (Phi) is 7.71. The van der Waals surface area contributed by atoms with Crippen LogP contribution in [0.25, 0.3) is 10.9 Å². The molecule has 4 rings (SSSR count). The zero-order valence-electron chi connectivity index (χ0n) is 19.2. The molecule has 0 bridgehead atoms. The van der Waals surface area contributed by atoms with Crippen LogP contribution in [-0.4, -0.2) is 63.9 Å². The number of hydrogen-bond acceptors (Lipinski definition) is 7. The van der Waals surface area contributed by atoms with Crippen LogP contribution in [0.3, 0.4) is 0 Å². The van der Waals surface area contributed by atoms with Crippen LogP contribution < -0.4 is 21.3 Å². The van der Waals surface area contributed by atoms with E-state index in [0.717, 1.165) is 54.3 Å². The van der Waals surface area contributed by atoms with Gasteiger partial charge in [0.05, 0.1) is 24.9 Å². The Hall–Kier alpha value is -3.08. The Bertz CT molecular complexity index is 1240. The lowest BCUT2D eigenvalue weighted by atomic mass is 10.0. The summed E-state index contributed by atoms with van der Waals surface area (Å²) in [5.74, 6) is -0.225. The van der Waals surface area contributed by atoms with Crippen LogP contribution in [0.15, 0.2) is 46.2 Å². The molecule has 1 aliphatic heterocycles. The smallest absolute Gasteiger partial charge is 0.328 e. The third-order valence-electron chi connectivity index (χ3n) is 6.34. The second kappa shape index (κ2) is 10.9. The maximum Gasteiger partial charge on any atom is 0.328 e. The van der Waals surface area contributed by atoms with Crippen LogP contribution in [0, 0.1) is 5.82 Å². The number of ether oxygens (including phenoxy) is 1. The molecule has 3 aromatic rings. The Morgan fingerprint density at radius 3 is 2.85 bits per heavy atom. The number of hydrogen-bond donors (Lipinski definition) is 3. The second-order valence-electron chi connectivity index (χ2n) is 8.61. The van der Waals surface area contributed by atoms with Gasteiger partial charge in [0, 0.05) is 30.7 Å². The lowest BCUT2D eigenvalue weighted by molar-refractivity contribution is 0.0950. The molecule has 1 aromatic carbocycles. The van der Waals surface area contributed by atoms with Gasteiger partial charge in [0.1, 0.15) is 5.75 Å². The fourth-order valence-corrected chi connectivity index (χ4v) is 4.43. The summed E-state index contributed by atoms with van der Waals surface area (Å²) in [6.07, 6.45) is 4.59. The number of likely N-dealkylation sites (tertiary alicyclic amines) is 1.